The van der Waals surface area contributed by atoms with Gasteiger partial charge in [-0.3, -0.25) is 19.3 Å². The van der Waals surface area contributed by atoms with Gasteiger partial charge in [-0.25, -0.2) is 15.4 Å². The molecule has 9 nitrogen and oxygen atoms in total. The van der Waals surface area contributed by atoms with Gasteiger partial charge in [0.1, 0.15) is 10.8 Å². The minimum atomic E-state index is -0.637. The van der Waals surface area contributed by atoms with E-state index in [-0.39, 0.29) is 33.7 Å². The Bertz CT molecular complexity index is 1560. The summed E-state index contributed by atoms with van der Waals surface area (Å²) >= 11 is 12.7. The Labute approximate surface area is 242 Å². The molecule has 0 fully saturated rings. The van der Waals surface area contributed by atoms with Crippen LogP contribution in [0.25, 0.3) is 6.20 Å². The molecule has 210 valence electrons. The number of benzene rings is 1. The van der Waals surface area contributed by atoms with Crippen LogP contribution in [0.1, 0.15) is 42.3 Å². The third-order valence-electron chi connectivity index (χ3n) is 6.09. The van der Waals surface area contributed by atoms with Crippen LogP contribution in [0.4, 0.5) is 10.1 Å². The average Bonchev–Trinajstić information content (AvgIpc) is 2.91. The number of hydrogen-bond acceptors (Lipinski definition) is 7. The Morgan fingerprint density at radius 1 is 1.20 bits per heavy atom. The molecule has 2 heterocycles. The van der Waals surface area contributed by atoms with Gasteiger partial charge in [-0.1, -0.05) is 35.3 Å². The molecule has 0 aliphatic rings. The summed E-state index contributed by atoms with van der Waals surface area (Å²) in [5, 5.41) is 5.40. The molecule has 0 radical (unpaired) electrons. The predicted octanol–water partition coefficient (Wildman–Crippen LogP) is 5.11. The zero-order valence-corrected chi connectivity index (χ0v) is 24.3. The number of allylic oxidation sites excluding steroid dienone is 2. The summed E-state index contributed by atoms with van der Waals surface area (Å²) in [6.45, 7) is 5.51. The first-order valence-electron chi connectivity index (χ1n) is 12.2. The van der Waals surface area contributed by atoms with Crippen LogP contribution in [-0.4, -0.2) is 40.3 Å². The molecule has 1 atom stereocenters. The maximum atomic E-state index is 15.5. The van der Waals surface area contributed by atoms with Crippen molar-refractivity contribution in [2.45, 2.75) is 26.8 Å². The molecule has 3 aromatic rings. The minimum Gasteiger partial charge on any atom is -0.382 e. The van der Waals surface area contributed by atoms with Crippen LogP contribution in [0, 0.1) is 12.7 Å². The second-order valence-electron chi connectivity index (χ2n) is 8.92. The SMILES string of the molecule is C/C=C/N=C(/C=C/n1c(C)cc(N(C)[C@H](C)c2cncc(Cl)c2)c(Cl)c1=O)c1cccc(/C(N)=N/N(C)N)c1F. The Morgan fingerprint density at radius 3 is 2.55 bits per heavy atom. The maximum Gasteiger partial charge on any atom is 0.275 e. The Kier molecular flexibility index (Phi) is 10.2. The van der Waals surface area contributed by atoms with Crippen LogP contribution in [0.3, 0.4) is 0 Å². The molecular formula is C28H31Cl2FN8O. The number of hydrazone groups is 1. The molecule has 40 heavy (non-hydrogen) atoms. The summed E-state index contributed by atoms with van der Waals surface area (Å²) in [7, 11) is 3.31. The lowest BCUT2D eigenvalue weighted by Gasteiger charge is -2.28. The van der Waals surface area contributed by atoms with E-state index in [0.717, 1.165) is 10.7 Å². The molecular weight excluding hydrogens is 554 g/mol. The third kappa shape index (κ3) is 6.95. The second-order valence-corrected chi connectivity index (χ2v) is 9.74. The second kappa shape index (κ2) is 13.4. The number of hydrazine groups is 1. The fourth-order valence-electron chi connectivity index (χ4n) is 3.89. The van der Waals surface area contributed by atoms with Gasteiger partial charge < -0.3 is 10.6 Å². The fraction of sp³-hybridized carbons (Fsp3) is 0.214. The average molecular weight is 586 g/mol. The number of amidine groups is 1. The molecule has 12 heteroatoms. The minimum absolute atomic E-state index is 0.0228. The Balaban J connectivity index is 2.03. The van der Waals surface area contributed by atoms with Gasteiger partial charge in [0.15, 0.2) is 5.84 Å². The first-order valence-corrected chi connectivity index (χ1v) is 13.0. The van der Waals surface area contributed by atoms with Crippen molar-refractivity contribution in [3.63, 3.8) is 0 Å². The molecule has 1 aromatic carbocycles. The molecule has 0 amide bonds. The van der Waals surface area contributed by atoms with Gasteiger partial charge in [0, 0.05) is 50.1 Å². The monoisotopic (exact) mass is 584 g/mol. The Morgan fingerprint density at radius 2 is 1.90 bits per heavy atom. The molecule has 0 spiro atoms. The molecule has 4 N–H and O–H groups in total. The van der Waals surface area contributed by atoms with Gasteiger partial charge >= 0.3 is 0 Å². The standard InChI is InChI=1S/C28H31Cl2FN8O/c1-6-11-35-23(21-8-7-9-22(26(21)31)27(32)36-38(5)33)10-12-39-17(2)13-24(25(30)28(39)40)37(4)18(3)19-14-20(29)16-34-15-19/h6-16,18H,33H2,1-5H3,(H2,32,36)/b11-6+,12-10+,35-23-/t18-/m1/s1. The third-order valence-corrected chi connectivity index (χ3v) is 6.65. The summed E-state index contributed by atoms with van der Waals surface area (Å²) in [4.78, 5) is 23.7. The largest absolute Gasteiger partial charge is 0.382 e. The number of rotatable bonds is 9. The molecule has 0 saturated carbocycles. The van der Waals surface area contributed by atoms with Crippen LogP contribution >= 0.6 is 23.2 Å². The number of hydrogen-bond donors (Lipinski definition) is 2. The van der Waals surface area contributed by atoms with E-state index in [9.17, 15) is 4.79 Å². The molecule has 0 saturated heterocycles. The number of nitrogens with zero attached hydrogens (tertiary/aromatic N) is 6. The lowest BCUT2D eigenvalue weighted by atomic mass is 10.0. The highest BCUT2D eigenvalue weighted by molar-refractivity contribution is 6.33. The van der Waals surface area contributed by atoms with Crippen molar-refractivity contribution in [1.29, 1.82) is 0 Å². The van der Waals surface area contributed by atoms with Crippen LogP contribution in [0.2, 0.25) is 10.0 Å². The fourth-order valence-corrected chi connectivity index (χ4v) is 4.35. The highest BCUT2D eigenvalue weighted by Gasteiger charge is 2.20. The van der Waals surface area contributed by atoms with Crippen molar-refractivity contribution in [2.75, 3.05) is 19.0 Å². The van der Waals surface area contributed by atoms with Crippen LogP contribution in [0.15, 0.2) is 76.0 Å². The quantitative estimate of drug-likeness (QED) is 0.156. The first-order chi connectivity index (χ1) is 19.0. The lowest BCUT2D eigenvalue weighted by molar-refractivity contribution is 0.371. The van der Waals surface area contributed by atoms with Crippen molar-refractivity contribution in [3.05, 3.63) is 110 Å². The summed E-state index contributed by atoms with van der Waals surface area (Å²) in [6.07, 6.45) is 9.51. The van der Waals surface area contributed by atoms with E-state index in [2.05, 4.69) is 15.1 Å². The Hall–Kier alpha value is -3.99. The van der Waals surface area contributed by atoms with E-state index in [4.69, 9.17) is 34.8 Å². The maximum absolute atomic E-state index is 15.5. The first kappa shape index (κ1) is 30.6. The lowest BCUT2D eigenvalue weighted by Crippen LogP contribution is -2.27. The van der Waals surface area contributed by atoms with Crippen LogP contribution in [-0.2, 0) is 0 Å². The number of aromatic nitrogens is 2. The van der Waals surface area contributed by atoms with Gasteiger partial charge in [-0.2, -0.15) is 0 Å². The van der Waals surface area contributed by atoms with Gasteiger partial charge in [-0.05, 0) is 56.7 Å². The van der Waals surface area contributed by atoms with Crippen molar-refractivity contribution in [2.24, 2.45) is 21.7 Å². The van der Waals surface area contributed by atoms with E-state index in [1.54, 1.807) is 50.5 Å². The number of nitrogens with two attached hydrogens (primary N) is 2. The highest BCUT2D eigenvalue weighted by atomic mass is 35.5. The molecule has 0 aliphatic carbocycles. The normalized spacial score (nSPS) is 13.3. The van der Waals surface area contributed by atoms with Crippen molar-refractivity contribution in [1.82, 2.24) is 14.7 Å². The smallest absolute Gasteiger partial charge is 0.275 e. The van der Waals surface area contributed by atoms with Crippen molar-refractivity contribution < 1.29 is 4.39 Å². The zero-order valence-electron chi connectivity index (χ0n) is 22.8. The summed E-state index contributed by atoms with van der Waals surface area (Å²) in [5.41, 5.74) is 7.96. The van der Waals surface area contributed by atoms with Crippen molar-refractivity contribution >= 4 is 46.6 Å². The van der Waals surface area contributed by atoms with E-state index < -0.39 is 11.4 Å². The zero-order chi connectivity index (χ0) is 29.6. The van der Waals surface area contributed by atoms with E-state index >= 15 is 4.39 Å². The highest BCUT2D eigenvalue weighted by Crippen LogP contribution is 2.30. The van der Waals surface area contributed by atoms with Gasteiger partial charge in [0.25, 0.3) is 5.56 Å². The topological polar surface area (TPSA) is 118 Å². The van der Waals surface area contributed by atoms with Crippen molar-refractivity contribution in [3.8, 4) is 0 Å². The van der Waals surface area contributed by atoms with E-state index in [1.165, 1.54) is 36.2 Å². The summed E-state index contributed by atoms with van der Waals surface area (Å²) < 4.78 is 16.9. The summed E-state index contributed by atoms with van der Waals surface area (Å²) in [6, 6.07) is 8.11. The van der Waals surface area contributed by atoms with E-state index in [0.29, 0.717) is 16.4 Å². The van der Waals surface area contributed by atoms with Crippen LogP contribution < -0.4 is 22.0 Å². The molecule has 3 rings (SSSR count). The van der Waals surface area contributed by atoms with E-state index in [1.807, 2.05) is 24.9 Å². The summed E-state index contributed by atoms with van der Waals surface area (Å²) in [5.74, 6) is 4.79. The number of aryl methyl sites for hydroxylation is 1. The molecule has 0 aliphatic heterocycles. The number of anilines is 1. The molecule has 0 bridgehead atoms. The molecule has 0 unspecified atom stereocenters. The number of pyridine rings is 2. The van der Waals surface area contributed by atoms with Crippen LogP contribution in [0.5, 0.6) is 0 Å². The molecule has 2 aromatic heterocycles. The predicted molar refractivity (Wildman–Crippen MR) is 162 cm³/mol. The van der Waals surface area contributed by atoms with Gasteiger partial charge in [0.2, 0.25) is 0 Å². The number of aliphatic imine (C=N–C) groups is 1. The number of halogens is 3. The van der Waals surface area contributed by atoms with Gasteiger partial charge in [0.05, 0.1) is 28.0 Å². The van der Waals surface area contributed by atoms with Gasteiger partial charge in [-0.15, -0.1) is 5.10 Å².